The number of likely N-dealkylation sites (N-methyl/N-ethyl adjacent to an activating group) is 2. The monoisotopic (exact) mass is 210 g/mol. The first-order chi connectivity index (χ1) is 7.22. The standard InChI is InChI=1S/C13H26N2/c1-10-7-8-12(14-2)13(9-10)15(3)11-5-4-6-11/h10-14H,4-9H2,1-3H3. The van der Waals surface area contributed by atoms with E-state index in [1.807, 2.05) is 0 Å². The number of hydrogen-bond acceptors (Lipinski definition) is 2. The summed E-state index contributed by atoms with van der Waals surface area (Å²) >= 11 is 0. The predicted octanol–water partition coefficient (Wildman–Crippen LogP) is 2.25. The minimum absolute atomic E-state index is 0.729. The summed E-state index contributed by atoms with van der Waals surface area (Å²) < 4.78 is 0. The van der Waals surface area contributed by atoms with Gasteiger partial charge in [-0.3, -0.25) is 4.90 Å². The second-order valence-electron chi connectivity index (χ2n) is 5.63. The molecule has 0 aromatic heterocycles. The number of hydrogen-bond donors (Lipinski definition) is 1. The first kappa shape index (κ1) is 11.4. The van der Waals surface area contributed by atoms with Gasteiger partial charge in [-0.05, 0) is 52.1 Å². The molecule has 0 amide bonds. The average Bonchev–Trinajstić information content (AvgIpc) is 2.15. The van der Waals surface area contributed by atoms with Crippen LogP contribution < -0.4 is 5.32 Å². The van der Waals surface area contributed by atoms with Crippen LogP contribution in [0.3, 0.4) is 0 Å². The smallest absolute Gasteiger partial charge is 0.0251 e. The minimum atomic E-state index is 0.729. The van der Waals surface area contributed by atoms with E-state index < -0.39 is 0 Å². The number of nitrogens with zero attached hydrogens (tertiary/aromatic N) is 1. The van der Waals surface area contributed by atoms with Crippen molar-refractivity contribution in [1.29, 1.82) is 0 Å². The lowest BCUT2D eigenvalue weighted by molar-refractivity contribution is 0.0555. The molecule has 0 aromatic rings. The Balaban J connectivity index is 1.95. The predicted molar refractivity (Wildman–Crippen MR) is 65.1 cm³/mol. The maximum absolute atomic E-state index is 3.52. The first-order valence-corrected chi connectivity index (χ1v) is 6.61. The lowest BCUT2D eigenvalue weighted by atomic mass is 9.80. The van der Waals surface area contributed by atoms with Crippen molar-refractivity contribution in [2.24, 2.45) is 5.92 Å². The van der Waals surface area contributed by atoms with Crippen molar-refractivity contribution < 1.29 is 0 Å². The summed E-state index contributed by atoms with van der Waals surface area (Å²) in [6.07, 6.45) is 8.45. The Morgan fingerprint density at radius 3 is 2.40 bits per heavy atom. The van der Waals surface area contributed by atoms with E-state index in [9.17, 15) is 0 Å². The molecular formula is C13H26N2. The molecule has 0 spiro atoms. The van der Waals surface area contributed by atoms with E-state index in [-0.39, 0.29) is 0 Å². The van der Waals surface area contributed by atoms with Crippen LogP contribution in [0, 0.1) is 5.92 Å². The zero-order valence-corrected chi connectivity index (χ0v) is 10.5. The first-order valence-electron chi connectivity index (χ1n) is 6.61. The number of rotatable bonds is 3. The average molecular weight is 210 g/mol. The van der Waals surface area contributed by atoms with Gasteiger partial charge in [-0.2, -0.15) is 0 Å². The Hall–Kier alpha value is -0.0800. The van der Waals surface area contributed by atoms with Crippen LogP contribution >= 0.6 is 0 Å². The maximum atomic E-state index is 3.52. The van der Waals surface area contributed by atoms with Gasteiger partial charge in [0.1, 0.15) is 0 Å². The van der Waals surface area contributed by atoms with Crippen LogP contribution in [-0.4, -0.2) is 37.1 Å². The third-order valence-electron chi connectivity index (χ3n) is 4.62. The highest BCUT2D eigenvalue weighted by molar-refractivity contribution is 4.92. The van der Waals surface area contributed by atoms with Crippen molar-refractivity contribution >= 4 is 0 Å². The van der Waals surface area contributed by atoms with Crippen LogP contribution in [0.1, 0.15) is 45.4 Å². The van der Waals surface area contributed by atoms with Crippen molar-refractivity contribution in [2.45, 2.75) is 63.6 Å². The van der Waals surface area contributed by atoms with Crippen molar-refractivity contribution in [3.05, 3.63) is 0 Å². The molecule has 0 heterocycles. The highest BCUT2D eigenvalue weighted by Gasteiger charge is 2.35. The summed E-state index contributed by atoms with van der Waals surface area (Å²) in [5.41, 5.74) is 0. The molecule has 0 aromatic carbocycles. The highest BCUT2D eigenvalue weighted by Crippen LogP contribution is 2.32. The second-order valence-corrected chi connectivity index (χ2v) is 5.63. The summed E-state index contributed by atoms with van der Waals surface area (Å²) in [4.78, 5) is 2.67. The molecule has 0 aliphatic heterocycles. The summed E-state index contributed by atoms with van der Waals surface area (Å²) in [5, 5.41) is 3.52. The number of nitrogens with one attached hydrogen (secondary N) is 1. The van der Waals surface area contributed by atoms with Gasteiger partial charge in [0.25, 0.3) is 0 Å². The topological polar surface area (TPSA) is 15.3 Å². The molecule has 3 atom stereocenters. The maximum Gasteiger partial charge on any atom is 0.0251 e. The molecule has 1 N–H and O–H groups in total. The quantitative estimate of drug-likeness (QED) is 0.768. The second kappa shape index (κ2) is 4.84. The largest absolute Gasteiger partial charge is 0.315 e. The van der Waals surface area contributed by atoms with Gasteiger partial charge in [-0.1, -0.05) is 13.3 Å². The van der Waals surface area contributed by atoms with Crippen LogP contribution in [0.25, 0.3) is 0 Å². The van der Waals surface area contributed by atoms with Crippen LogP contribution in [0.2, 0.25) is 0 Å². The van der Waals surface area contributed by atoms with E-state index in [2.05, 4.69) is 31.2 Å². The molecule has 88 valence electrons. The van der Waals surface area contributed by atoms with Gasteiger partial charge in [-0.25, -0.2) is 0 Å². The molecule has 3 unspecified atom stereocenters. The Bertz CT molecular complexity index is 201. The van der Waals surface area contributed by atoms with Crippen molar-refractivity contribution in [3.63, 3.8) is 0 Å². The fourth-order valence-corrected chi connectivity index (χ4v) is 3.20. The van der Waals surface area contributed by atoms with E-state index >= 15 is 0 Å². The lowest BCUT2D eigenvalue weighted by Crippen LogP contribution is -2.55. The zero-order valence-electron chi connectivity index (χ0n) is 10.5. The van der Waals surface area contributed by atoms with Gasteiger partial charge in [0.15, 0.2) is 0 Å². The molecular weight excluding hydrogens is 184 g/mol. The summed E-state index contributed by atoms with van der Waals surface area (Å²) in [6.45, 7) is 2.41. The van der Waals surface area contributed by atoms with Gasteiger partial charge in [-0.15, -0.1) is 0 Å². The molecule has 2 aliphatic rings. The van der Waals surface area contributed by atoms with Gasteiger partial charge >= 0.3 is 0 Å². The van der Waals surface area contributed by atoms with Crippen LogP contribution in [0.15, 0.2) is 0 Å². The molecule has 2 nitrogen and oxygen atoms in total. The molecule has 2 saturated carbocycles. The van der Waals surface area contributed by atoms with Crippen molar-refractivity contribution in [3.8, 4) is 0 Å². The molecule has 2 heteroatoms. The highest BCUT2D eigenvalue weighted by atomic mass is 15.2. The molecule has 15 heavy (non-hydrogen) atoms. The molecule has 2 aliphatic carbocycles. The van der Waals surface area contributed by atoms with Crippen LogP contribution in [0.4, 0.5) is 0 Å². The van der Waals surface area contributed by atoms with Gasteiger partial charge in [0.2, 0.25) is 0 Å². The van der Waals surface area contributed by atoms with Gasteiger partial charge < -0.3 is 5.32 Å². The Morgan fingerprint density at radius 1 is 1.13 bits per heavy atom. The summed E-state index contributed by atoms with van der Waals surface area (Å²) in [7, 11) is 4.47. The third kappa shape index (κ3) is 2.36. The summed E-state index contributed by atoms with van der Waals surface area (Å²) in [6, 6.07) is 2.40. The third-order valence-corrected chi connectivity index (χ3v) is 4.62. The molecule has 0 radical (unpaired) electrons. The van der Waals surface area contributed by atoms with E-state index in [1.165, 1.54) is 38.5 Å². The van der Waals surface area contributed by atoms with E-state index in [0.29, 0.717) is 0 Å². The van der Waals surface area contributed by atoms with Crippen molar-refractivity contribution in [1.82, 2.24) is 10.2 Å². The van der Waals surface area contributed by atoms with Gasteiger partial charge in [0, 0.05) is 18.1 Å². The van der Waals surface area contributed by atoms with E-state index in [0.717, 1.165) is 24.0 Å². The normalized spacial score (nSPS) is 38.0. The van der Waals surface area contributed by atoms with Gasteiger partial charge in [0.05, 0.1) is 0 Å². The minimum Gasteiger partial charge on any atom is -0.315 e. The summed E-state index contributed by atoms with van der Waals surface area (Å²) in [5.74, 6) is 0.919. The van der Waals surface area contributed by atoms with Crippen molar-refractivity contribution in [2.75, 3.05) is 14.1 Å². The molecule has 0 bridgehead atoms. The molecule has 2 fully saturated rings. The molecule has 0 saturated heterocycles. The van der Waals surface area contributed by atoms with Crippen LogP contribution in [-0.2, 0) is 0 Å². The Kier molecular flexibility index (Phi) is 3.68. The lowest BCUT2D eigenvalue weighted by Gasteiger charge is -2.46. The fourth-order valence-electron chi connectivity index (χ4n) is 3.20. The van der Waals surface area contributed by atoms with E-state index in [4.69, 9.17) is 0 Å². The Labute approximate surface area is 94.4 Å². The fraction of sp³-hybridized carbons (Fsp3) is 1.00. The molecule has 2 rings (SSSR count). The zero-order chi connectivity index (χ0) is 10.8. The Morgan fingerprint density at radius 2 is 1.87 bits per heavy atom. The van der Waals surface area contributed by atoms with Crippen LogP contribution in [0.5, 0.6) is 0 Å². The SMILES string of the molecule is CNC1CCC(C)CC1N(C)C1CCC1. The van der Waals surface area contributed by atoms with E-state index in [1.54, 1.807) is 0 Å².